The van der Waals surface area contributed by atoms with E-state index in [9.17, 15) is 9.18 Å². The molecule has 2 aromatic heterocycles. The van der Waals surface area contributed by atoms with Crippen molar-refractivity contribution < 1.29 is 9.18 Å². The summed E-state index contributed by atoms with van der Waals surface area (Å²) in [5.41, 5.74) is 9.09. The Morgan fingerprint density at radius 3 is 2.61 bits per heavy atom. The molecule has 0 fully saturated rings. The highest BCUT2D eigenvalue weighted by Gasteiger charge is 2.13. The summed E-state index contributed by atoms with van der Waals surface area (Å²) in [6.45, 7) is 0. The molecule has 0 radical (unpaired) electrons. The van der Waals surface area contributed by atoms with Crippen LogP contribution in [0.5, 0.6) is 0 Å². The number of nitrogen functional groups attached to an aromatic ring is 1. The Bertz CT molecular complexity index is 1180. The Labute approximate surface area is 177 Å². The first-order valence-corrected chi connectivity index (χ1v) is 10.2. The summed E-state index contributed by atoms with van der Waals surface area (Å²) in [5.74, 6) is 0.0944. The monoisotopic (exact) mass is 504 g/mol. The third kappa shape index (κ3) is 3.78. The largest absolute Gasteiger partial charge is 0.383 e. The van der Waals surface area contributed by atoms with Gasteiger partial charge in [-0.2, -0.15) is 0 Å². The molecule has 2 heterocycles. The molecule has 0 aliphatic carbocycles. The van der Waals surface area contributed by atoms with Crippen molar-refractivity contribution in [3.05, 3.63) is 69.5 Å². The third-order valence-corrected chi connectivity index (χ3v) is 6.31. The molecular weight excluding hydrogens is 490 g/mol. The maximum Gasteiger partial charge on any atom is 0.323 e. The van der Waals surface area contributed by atoms with Crippen molar-refractivity contribution in [2.75, 3.05) is 16.4 Å². The molecule has 4 rings (SSSR count). The standard InChI is InChI=1S/C20H14FIN4OS/c21-12-2-1-3-14(8-12)26-20(27)25-13-6-4-11(5-7-13)15-10-28-18-16(22)9-24-19(23)17(15)18/h1-10H,(H2,23,24)(H2,25,26,27). The number of thiophene rings is 1. The average Bonchev–Trinajstić information content (AvgIpc) is 3.12. The van der Waals surface area contributed by atoms with Gasteiger partial charge in [0.05, 0.1) is 4.70 Å². The lowest BCUT2D eigenvalue weighted by molar-refractivity contribution is 0.262. The highest BCUT2D eigenvalue weighted by atomic mass is 127. The van der Waals surface area contributed by atoms with Crippen LogP contribution in [0.3, 0.4) is 0 Å². The van der Waals surface area contributed by atoms with Crippen molar-refractivity contribution in [1.82, 2.24) is 4.98 Å². The highest BCUT2D eigenvalue weighted by molar-refractivity contribution is 14.1. The van der Waals surface area contributed by atoms with E-state index in [4.69, 9.17) is 5.73 Å². The fourth-order valence-electron chi connectivity index (χ4n) is 2.84. The average molecular weight is 504 g/mol. The number of fused-ring (bicyclic) bond motifs is 1. The van der Waals surface area contributed by atoms with E-state index in [1.165, 1.54) is 18.2 Å². The predicted octanol–water partition coefficient (Wildman–Crippen LogP) is 5.93. The molecule has 0 unspecified atom stereocenters. The molecule has 5 nitrogen and oxygen atoms in total. The molecule has 140 valence electrons. The number of hydrogen-bond acceptors (Lipinski definition) is 4. The van der Waals surface area contributed by atoms with Gasteiger partial charge in [0, 0.05) is 32.1 Å². The SMILES string of the molecule is Nc1ncc(I)c2scc(-c3ccc(NC(=O)Nc4cccc(F)c4)cc3)c12. The number of aromatic nitrogens is 1. The molecule has 0 aliphatic rings. The molecule has 4 aromatic rings. The van der Waals surface area contributed by atoms with Crippen LogP contribution in [-0.4, -0.2) is 11.0 Å². The fraction of sp³-hybridized carbons (Fsp3) is 0. The topological polar surface area (TPSA) is 80.0 Å². The number of amides is 2. The van der Waals surface area contributed by atoms with Crippen molar-refractivity contribution >= 4 is 67.2 Å². The second-order valence-electron chi connectivity index (χ2n) is 6.01. The van der Waals surface area contributed by atoms with Crippen LogP contribution in [0.25, 0.3) is 21.2 Å². The van der Waals surface area contributed by atoms with Crippen molar-refractivity contribution in [3.63, 3.8) is 0 Å². The molecule has 2 aromatic carbocycles. The molecule has 0 saturated heterocycles. The van der Waals surface area contributed by atoms with Crippen LogP contribution in [0, 0.1) is 9.39 Å². The lowest BCUT2D eigenvalue weighted by Gasteiger charge is -2.09. The van der Waals surface area contributed by atoms with Crippen molar-refractivity contribution in [3.8, 4) is 11.1 Å². The third-order valence-electron chi connectivity index (χ3n) is 4.12. The Balaban J connectivity index is 1.53. The Hall–Kier alpha value is -2.72. The number of hydrogen-bond donors (Lipinski definition) is 3. The number of nitrogens with two attached hydrogens (primary N) is 1. The lowest BCUT2D eigenvalue weighted by Crippen LogP contribution is -2.19. The van der Waals surface area contributed by atoms with Gasteiger partial charge in [-0.1, -0.05) is 18.2 Å². The van der Waals surface area contributed by atoms with Gasteiger partial charge in [-0.05, 0) is 63.9 Å². The molecule has 0 atom stereocenters. The Morgan fingerprint density at radius 1 is 1.11 bits per heavy atom. The van der Waals surface area contributed by atoms with Gasteiger partial charge in [0.1, 0.15) is 11.6 Å². The van der Waals surface area contributed by atoms with Gasteiger partial charge < -0.3 is 16.4 Å². The molecular formula is C20H14FIN4OS. The van der Waals surface area contributed by atoms with Crippen LogP contribution < -0.4 is 16.4 Å². The zero-order chi connectivity index (χ0) is 19.7. The Kier molecular flexibility index (Phi) is 5.14. The zero-order valence-electron chi connectivity index (χ0n) is 14.4. The summed E-state index contributed by atoms with van der Waals surface area (Å²) in [6.07, 6.45) is 1.77. The van der Waals surface area contributed by atoms with E-state index in [2.05, 4.69) is 43.6 Å². The van der Waals surface area contributed by atoms with E-state index in [1.54, 1.807) is 23.6 Å². The minimum Gasteiger partial charge on any atom is -0.383 e. The summed E-state index contributed by atoms with van der Waals surface area (Å²) in [7, 11) is 0. The van der Waals surface area contributed by atoms with Crippen molar-refractivity contribution in [1.29, 1.82) is 0 Å². The number of anilines is 3. The maximum atomic E-state index is 13.2. The van der Waals surface area contributed by atoms with Gasteiger partial charge in [0.25, 0.3) is 0 Å². The van der Waals surface area contributed by atoms with Gasteiger partial charge in [0.2, 0.25) is 0 Å². The molecule has 4 N–H and O–H groups in total. The van der Waals surface area contributed by atoms with Crippen molar-refractivity contribution in [2.45, 2.75) is 0 Å². The number of nitrogens with zero attached hydrogens (tertiary/aromatic N) is 1. The van der Waals surface area contributed by atoms with Crippen LogP contribution in [0.4, 0.5) is 26.4 Å². The Morgan fingerprint density at radius 2 is 1.86 bits per heavy atom. The second kappa shape index (κ2) is 7.72. The normalized spacial score (nSPS) is 10.8. The van der Waals surface area contributed by atoms with Gasteiger partial charge in [0.15, 0.2) is 0 Å². The minimum absolute atomic E-state index is 0.386. The molecule has 0 saturated carbocycles. The molecule has 28 heavy (non-hydrogen) atoms. The summed E-state index contributed by atoms with van der Waals surface area (Å²) in [6, 6.07) is 12.7. The first kappa shape index (κ1) is 18.6. The number of rotatable bonds is 3. The quantitative estimate of drug-likeness (QED) is 0.303. The predicted molar refractivity (Wildman–Crippen MR) is 121 cm³/mol. The zero-order valence-corrected chi connectivity index (χ0v) is 17.3. The molecule has 8 heteroatoms. The first-order chi connectivity index (χ1) is 13.5. The second-order valence-corrected chi connectivity index (χ2v) is 8.05. The van der Waals surface area contributed by atoms with Gasteiger partial charge in [-0.3, -0.25) is 0 Å². The van der Waals surface area contributed by atoms with Gasteiger partial charge >= 0.3 is 6.03 Å². The number of nitrogens with one attached hydrogen (secondary N) is 2. The highest BCUT2D eigenvalue weighted by Crippen LogP contribution is 2.39. The summed E-state index contributed by atoms with van der Waals surface area (Å²) in [5, 5.41) is 8.33. The van der Waals surface area contributed by atoms with E-state index in [0.717, 1.165) is 24.8 Å². The summed E-state index contributed by atoms with van der Waals surface area (Å²) < 4.78 is 15.4. The maximum absolute atomic E-state index is 13.2. The van der Waals surface area contributed by atoms with E-state index in [0.29, 0.717) is 17.2 Å². The summed E-state index contributed by atoms with van der Waals surface area (Å²) >= 11 is 3.88. The molecule has 0 bridgehead atoms. The lowest BCUT2D eigenvalue weighted by atomic mass is 10.0. The van der Waals surface area contributed by atoms with Crippen molar-refractivity contribution in [2.24, 2.45) is 0 Å². The number of carbonyl (C=O) groups excluding carboxylic acids is 1. The first-order valence-electron chi connectivity index (χ1n) is 8.26. The molecule has 2 amide bonds. The van der Waals surface area contributed by atoms with Crippen LogP contribution >= 0.6 is 33.9 Å². The molecule has 0 aliphatic heterocycles. The van der Waals surface area contributed by atoms with Crippen LogP contribution in [0.15, 0.2) is 60.1 Å². The van der Waals surface area contributed by atoms with E-state index >= 15 is 0 Å². The van der Waals surface area contributed by atoms with Gasteiger partial charge in [-0.25, -0.2) is 14.2 Å². The smallest absolute Gasteiger partial charge is 0.323 e. The number of benzene rings is 2. The number of halogens is 2. The van der Waals surface area contributed by atoms with E-state index < -0.39 is 11.8 Å². The fourth-order valence-corrected chi connectivity index (χ4v) is 4.62. The molecule has 0 spiro atoms. The summed E-state index contributed by atoms with van der Waals surface area (Å²) in [4.78, 5) is 16.3. The van der Waals surface area contributed by atoms with Crippen LogP contribution in [0.2, 0.25) is 0 Å². The van der Waals surface area contributed by atoms with E-state index in [1.807, 2.05) is 24.3 Å². The van der Waals surface area contributed by atoms with Gasteiger partial charge in [-0.15, -0.1) is 11.3 Å². The number of carbonyl (C=O) groups is 1. The minimum atomic E-state index is -0.442. The van der Waals surface area contributed by atoms with Crippen LogP contribution in [-0.2, 0) is 0 Å². The van der Waals surface area contributed by atoms with Crippen LogP contribution in [0.1, 0.15) is 0 Å². The number of pyridine rings is 1. The van der Waals surface area contributed by atoms with E-state index in [-0.39, 0.29) is 0 Å². The number of urea groups is 1.